The van der Waals surface area contributed by atoms with Gasteiger partial charge in [-0.1, -0.05) is 39.0 Å². The molecule has 0 spiro atoms. The minimum absolute atomic E-state index is 0.0916. The van der Waals surface area contributed by atoms with E-state index in [1.54, 1.807) is 18.0 Å². The third-order valence-electron chi connectivity index (χ3n) is 2.84. The predicted octanol–water partition coefficient (Wildman–Crippen LogP) is 1.89. The average molecular weight is 255 g/mol. The molecule has 0 amide bonds. The smallest absolute Gasteiger partial charge is 0.251 e. The Balaban J connectivity index is 2.54. The van der Waals surface area contributed by atoms with Gasteiger partial charge in [-0.2, -0.15) is 0 Å². The molecule has 96 valence electrons. The number of hydrogen-bond acceptors (Lipinski definition) is 4. The van der Waals surface area contributed by atoms with Crippen LogP contribution in [-0.4, -0.2) is 28.3 Å². The highest BCUT2D eigenvalue weighted by atomic mass is 32.2. The maximum absolute atomic E-state index is 11.1. The quantitative estimate of drug-likeness (QED) is 0.577. The normalized spacial score (nSPS) is 14.5. The van der Waals surface area contributed by atoms with Crippen molar-refractivity contribution in [1.82, 2.24) is 15.3 Å². The van der Waals surface area contributed by atoms with Gasteiger partial charge in [0.25, 0.3) is 5.56 Å². The third kappa shape index (κ3) is 4.91. The van der Waals surface area contributed by atoms with Gasteiger partial charge in [-0.15, -0.1) is 0 Å². The molecule has 0 saturated heterocycles. The van der Waals surface area contributed by atoms with Crippen LogP contribution in [0, 0.1) is 5.92 Å². The lowest BCUT2D eigenvalue weighted by molar-refractivity contribution is 0.404. The molecule has 2 atom stereocenters. The van der Waals surface area contributed by atoms with Crippen LogP contribution in [0.1, 0.15) is 27.2 Å². The maximum atomic E-state index is 11.1. The number of H-pyrrole nitrogens is 1. The van der Waals surface area contributed by atoms with Gasteiger partial charge < -0.3 is 10.3 Å². The minimum Gasteiger partial charge on any atom is -0.313 e. The van der Waals surface area contributed by atoms with Crippen molar-refractivity contribution in [3.8, 4) is 0 Å². The first-order valence-electron chi connectivity index (χ1n) is 6.08. The molecule has 1 aromatic heterocycles. The summed E-state index contributed by atoms with van der Waals surface area (Å²) in [6.07, 6.45) is 2.70. The van der Waals surface area contributed by atoms with Gasteiger partial charge in [0.2, 0.25) is 0 Å². The second-order valence-corrected chi connectivity index (χ2v) is 5.11. The second-order valence-electron chi connectivity index (χ2n) is 4.10. The van der Waals surface area contributed by atoms with Crippen molar-refractivity contribution in [3.63, 3.8) is 0 Å². The summed E-state index contributed by atoms with van der Waals surface area (Å²) < 4.78 is 0. The molecule has 0 aromatic carbocycles. The molecule has 0 saturated carbocycles. The van der Waals surface area contributed by atoms with E-state index in [1.165, 1.54) is 6.07 Å². The zero-order valence-corrected chi connectivity index (χ0v) is 11.5. The Hall–Kier alpha value is -0.810. The standard InChI is InChI=1S/C12H21N3OS/c1-4-9(3)10(13-5-2)8-17-12-14-7-6-11(16)15-12/h6-7,9-10,13H,4-5,8H2,1-3H3,(H,14,15,16). The van der Waals surface area contributed by atoms with Crippen LogP contribution in [0.5, 0.6) is 0 Å². The van der Waals surface area contributed by atoms with E-state index < -0.39 is 0 Å². The highest BCUT2D eigenvalue weighted by molar-refractivity contribution is 7.99. The summed E-state index contributed by atoms with van der Waals surface area (Å²) in [4.78, 5) is 18.0. The fraction of sp³-hybridized carbons (Fsp3) is 0.667. The minimum atomic E-state index is -0.0916. The zero-order valence-electron chi connectivity index (χ0n) is 10.7. The maximum Gasteiger partial charge on any atom is 0.251 e. The Kier molecular flexibility index (Phi) is 6.29. The number of nitrogens with zero attached hydrogens (tertiary/aromatic N) is 1. The molecule has 0 bridgehead atoms. The molecule has 2 unspecified atom stereocenters. The summed E-state index contributed by atoms with van der Waals surface area (Å²) in [6, 6.07) is 1.89. The van der Waals surface area contributed by atoms with Crippen LogP contribution in [-0.2, 0) is 0 Å². The molecule has 17 heavy (non-hydrogen) atoms. The highest BCUT2D eigenvalue weighted by Gasteiger charge is 2.15. The lowest BCUT2D eigenvalue weighted by atomic mass is 10.0. The fourth-order valence-electron chi connectivity index (χ4n) is 1.57. The van der Waals surface area contributed by atoms with Crippen molar-refractivity contribution in [2.75, 3.05) is 12.3 Å². The molecule has 1 aromatic rings. The molecule has 0 radical (unpaired) electrons. The fourth-order valence-corrected chi connectivity index (χ4v) is 2.66. The number of aromatic amines is 1. The molecule has 0 aliphatic carbocycles. The molecule has 0 aliphatic heterocycles. The highest BCUT2D eigenvalue weighted by Crippen LogP contribution is 2.17. The average Bonchev–Trinajstić information content (AvgIpc) is 2.33. The van der Waals surface area contributed by atoms with Gasteiger partial charge in [0.1, 0.15) is 0 Å². The van der Waals surface area contributed by atoms with Crippen LogP contribution in [0.3, 0.4) is 0 Å². The van der Waals surface area contributed by atoms with Gasteiger partial charge in [0.05, 0.1) is 0 Å². The van der Waals surface area contributed by atoms with Crippen LogP contribution in [0.15, 0.2) is 22.2 Å². The summed E-state index contributed by atoms with van der Waals surface area (Å²) in [5, 5.41) is 4.18. The SMILES string of the molecule is CCNC(CSc1nccc(=O)[nH]1)C(C)CC. The monoisotopic (exact) mass is 255 g/mol. The molecule has 5 heteroatoms. The Bertz CT molecular complexity index is 380. The topological polar surface area (TPSA) is 57.8 Å². The van der Waals surface area contributed by atoms with Crippen LogP contribution in [0.25, 0.3) is 0 Å². The largest absolute Gasteiger partial charge is 0.313 e. The molecular weight excluding hydrogens is 234 g/mol. The Labute approximate surface area is 107 Å². The molecule has 0 aliphatic rings. The van der Waals surface area contributed by atoms with E-state index in [4.69, 9.17) is 0 Å². The van der Waals surface area contributed by atoms with Gasteiger partial charge in [-0.3, -0.25) is 4.79 Å². The van der Waals surface area contributed by atoms with Crippen molar-refractivity contribution < 1.29 is 0 Å². The summed E-state index contributed by atoms with van der Waals surface area (Å²) >= 11 is 1.60. The van der Waals surface area contributed by atoms with E-state index in [9.17, 15) is 4.79 Å². The summed E-state index contributed by atoms with van der Waals surface area (Å²) in [7, 11) is 0. The van der Waals surface area contributed by atoms with Gasteiger partial charge in [-0.05, 0) is 12.5 Å². The second kappa shape index (κ2) is 7.50. The lowest BCUT2D eigenvalue weighted by Crippen LogP contribution is -2.36. The van der Waals surface area contributed by atoms with Gasteiger partial charge in [0, 0.05) is 24.1 Å². The molecule has 1 heterocycles. The zero-order chi connectivity index (χ0) is 12.7. The first-order chi connectivity index (χ1) is 8.17. The lowest BCUT2D eigenvalue weighted by Gasteiger charge is -2.23. The van der Waals surface area contributed by atoms with E-state index >= 15 is 0 Å². The van der Waals surface area contributed by atoms with Gasteiger partial charge in [-0.25, -0.2) is 4.98 Å². The molecule has 0 fully saturated rings. The van der Waals surface area contributed by atoms with Crippen molar-refractivity contribution in [2.45, 2.75) is 38.4 Å². The summed E-state index contributed by atoms with van der Waals surface area (Å²) in [5.41, 5.74) is -0.0916. The predicted molar refractivity (Wildman–Crippen MR) is 72.5 cm³/mol. The number of hydrogen-bond donors (Lipinski definition) is 2. The Morgan fingerprint density at radius 3 is 2.88 bits per heavy atom. The van der Waals surface area contributed by atoms with E-state index in [-0.39, 0.29) is 5.56 Å². The van der Waals surface area contributed by atoms with Crippen LogP contribution < -0.4 is 10.9 Å². The molecule has 2 N–H and O–H groups in total. The summed E-state index contributed by atoms with van der Waals surface area (Å²) in [5.74, 6) is 1.55. The first-order valence-corrected chi connectivity index (χ1v) is 7.07. The van der Waals surface area contributed by atoms with Gasteiger partial charge >= 0.3 is 0 Å². The molecule has 4 nitrogen and oxygen atoms in total. The van der Waals surface area contributed by atoms with Crippen LogP contribution in [0.2, 0.25) is 0 Å². The first kappa shape index (κ1) is 14.3. The van der Waals surface area contributed by atoms with Crippen molar-refractivity contribution in [1.29, 1.82) is 0 Å². The third-order valence-corrected chi connectivity index (χ3v) is 3.85. The van der Waals surface area contributed by atoms with Crippen molar-refractivity contribution >= 4 is 11.8 Å². The van der Waals surface area contributed by atoms with Crippen molar-refractivity contribution in [3.05, 3.63) is 22.6 Å². The Morgan fingerprint density at radius 2 is 2.29 bits per heavy atom. The number of aromatic nitrogens is 2. The Morgan fingerprint density at radius 1 is 1.53 bits per heavy atom. The van der Waals surface area contributed by atoms with Crippen LogP contribution in [0.4, 0.5) is 0 Å². The number of rotatable bonds is 7. The van der Waals surface area contributed by atoms with E-state index in [2.05, 4.69) is 36.1 Å². The molecular formula is C12H21N3OS. The van der Waals surface area contributed by atoms with E-state index in [0.29, 0.717) is 17.1 Å². The van der Waals surface area contributed by atoms with Gasteiger partial charge in [0.15, 0.2) is 5.16 Å². The van der Waals surface area contributed by atoms with Crippen molar-refractivity contribution in [2.24, 2.45) is 5.92 Å². The van der Waals surface area contributed by atoms with E-state index in [1.807, 2.05) is 0 Å². The van der Waals surface area contributed by atoms with Crippen LogP contribution >= 0.6 is 11.8 Å². The summed E-state index contributed by atoms with van der Waals surface area (Å²) in [6.45, 7) is 7.52. The number of nitrogens with one attached hydrogen (secondary N) is 2. The number of thioether (sulfide) groups is 1. The van der Waals surface area contributed by atoms with E-state index in [0.717, 1.165) is 18.7 Å². The molecule has 1 rings (SSSR count).